The monoisotopic (exact) mass is 1170 g/mol. The number of carbonyl (C=O) groups excluding carboxylic acids is 6. The van der Waals surface area contributed by atoms with E-state index in [-0.39, 0.29) is 73.7 Å². The zero-order valence-corrected chi connectivity index (χ0v) is 49.4. The molecule has 1 spiro atoms. The van der Waals surface area contributed by atoms with Crippen LogP contribution in [0.15, 0.2) is 54.6 Å². The van der Waals surface area contributed by atoms with Crippen LogP contribution in [0.3, 0.4) is 0 Å². The van der Waals surface area contributed by atoms with E-state index in [1.54, 1.807) is 23.1 Å². The molecule has 2 aliphatic carbocycles. The number of likely N-dealkylation sites (tertiary alicyclic amines) is 3. The second kappa shape index (κ2) is 28.4. The van der Waals surface area contributed by atoms with Crippen molar-refractivity contribution >= 4 is 52.7 Å². The molecule has 5 atom stereocenters. The molecule has 4 heterocycles. The smallest absolute Gasteiger partial charge is 0.248 e. The Morgan fingerprint density at radius 1 is 0.771 bits per heavy atom. The molecule has 2 bridgehead atoms. The molecule has 4 fully saturated rings. The fraction of sp³-hybridized carbons (Fsp3) is 0.619. The summed E-state index contributed by atoms with van der Waals surface area (Å²) >= 11 is 6.57. The molecule has 3 saturated heterocycles. The third-order valence-electron chi connectivity index (χ3n) is 18.8. The van der Waals surface area contributed by atoms with E-state index in [1.807, 2.05) is 55.3 Å². The second-order valence-electron chi connectivity index (χ2n) is 24.2. The number of phenols is 1. The Hall–Kier alpha value is -5.83. The molecule has 9 rings (SSSR count). The van der Waals surface area contributed by atoms with Crippen LogP contribution in [0.5, 0.6) is 11.5 Å². The number of carbonyl (C=O) groups is 6. The number of rotatable bonds is 28. The van der Waals surface area contributed by atoms with Gasteiger partial charge in [0.1, 0.15) is 32.5 Å². The first-order chi connectivity index (χ1) is 40.0. The van der Waals surface area contributed by atoms with Gasteiger partial charge in [-0.3, -0.25) is 28.8 Å². The number of primary amides is 1. The van der Waals surface area contributed by atoms with E-state index in [0.29, 0.717) is 93.5 Å². The molecular weight excluding hydrogens is 1080 g/mol. The Morgan fingerprint density at radius 2 is 1.42 bits per heavy atom. The van der Waals surface area contributed by atoms with Gasteiger partial charge in [0.15, 0.2) is 11.5 Å². The van der Waals surface area contributed by atoms with Crippen molar-refractivity contribution in [3.05, 3.63) is 87.4 Å². The lowest BCUT2D eigenvalue weighted by molar-refractivity contribution is -0.187. The van der Waals surface area contributed by atoms with E-state index in [1.165, 1.54) is 5.56 Å². The van der Waals surface area contributed by atoms with E-state index in [4.69, 9.17) is 31.5 Å². The lowest BCUT2D eigenvalue weighted by Gasteiger charge is -2.63. The van der Waals surface area contributed by atoms with Crippen LogP contribution in [0, 0.1) is 18.8 Å². The molecule has 452 valence electrons. The number of nitrogens with two attached hydrogens (primary N) is 1. The number of ether oxygens (including phenoxy) is 3. The number of unbranched alkanes of at least 4 members (excludes halogenated alkanes) is 6. The lowest BCUT2D eigenvalue weighted by Crippen LogP contribution is -2.77. The van der Waals surface area contributed by atoms with Gasteiger partial charge in [-0.15, -0.1) is 0 Å². The summed E-state index contributed by atoms with van der Waals surface area (Å²) in [5, 5.41) is 32.6. The number of aliphatic hydroxyl groups is 1. The second-order valence-corrected chi connectivity index (χ2v) is 24.6. The maximum Gasteiger partial charge on any atom is 0.248 e. The maximum atomic E-state index is 14.2. The van der Waals surface area contributed by atoms with Gasteiger partial charge in [-0.05, 0) is 170 Å². The highest BCUT2D eigenvalue weighted by Crippen LogP contribution is 2.65. The van der Waals surface area contributed by atoms with Gasteiger partial charge >= 0.3 is 0 Å². The molecule has 0 radical (unpaired) electrons. The summed E-state index contributed by atoms with van der Waals surface area (Å²) in [6.45, 7) is 7.14. The minimum Gasteiger partial charge on any atom is -0.504 e. The average Bonchev–Trinajstić information content (AvgIpc) is 1.65. The summed E-state index contributed by atoms with van der Waals surface area (Å²) in [5.74, 6) is -0.668. The molecule has 6 amide bonds. The predicted octanol–water partition coefficient (Wildman–Crippen LogP) is 5.33. The Labute approximate surface area is 493 Å². The van der Waals surface area contributed by atoms with Crippen molar-refractivity contribution in [1.29, 1.82) is 0 Å². The van der Waals surface area contributed by atoms with E-state index in [0.717, 1.165) is 119 Å². The molecular formula is C63H87ClN8O11. The number of anilines is 1. The van der Waals surface area contributed by atoms with Crippen molar-refractivity contribution in [2.45, 2.75) is 145 Å². The van der Waals surface area contributed by atoms with Gasteiger partial charge in [0.25, 0.3) is 0 Å². The van der Waals surface area contributed by atoms with Crippen molar-refractivity contribution < 1.29 is 53.2 Å². The van der Waals surface area contributed by atoms with Crippen LogP contribution in [0.4, 0.5) is 5.69 Å². The van der Waals surface area contributed by atoms with Crippen molar-refractivity contribution in [3.63, 3.8) is 0 Å². The minimum atomic E-state index is -1.05. The fourth-order valence-corrected chi connectivity index (χ4v) is 14.3. The third-order valence-corrected chi connectivity index (χ3v) is 19.2. The molecule has 1 saturated carbocycles. The minimum absolute atomic E-state index is 0.0456. The summed E-state index contributed by atoms with van der Waals surface area (Å²) in [6, 6.07) is 16.5. The van der Waals surface area contributed by atoms with Gasteiger partial charge < -0.3 is 65.7 Å². The number of piperidine rings is 3. The zero-order chi connectivity index (χ0) is 58.7. The molecule has 83 heavy (non-hydrogen) atoms. The topological polar surface area (TPSA) is 246 Å². The molecule has 19 nitrogen and oxygen atoms in total. The number of halogens is 1. The van der Waals surface area contributed by atoms with Crippen LogP contribution in [0.25, 0.3) is 0 Å². The molecule has 0 aromatic heterocycles. The molecule has 4 aliphatic heterocycles. The molecule has 6 aliphatic rings. The lowest BCUT2D eigenvalue weighted by atomic mass is 9.48. The number of likely N-dealkylation sites (N-methyl/N-ethyl adjacent to an activating group) is 1. The number of benzene rings is 3. The number of nitrogens with one attached hydrogen (secondary N) is 3. The van der Waals surface area contributed by atoms with Gasteiger partial charge in [-0.1, -0.05) is 68.0 Å². The third kappa shape index (κ3) is 14.6. The van der Waals surface area contributed by atoms with Crippen molar-refractivity contribution in [1.82, 2.24) is 30.7 Å². The first kappa shape index (κ1) is 61.7. The van der Waals surface area contributed by atoms with E-state index in [2.05, 4.69) is 25.8 Å². The molecule has 3 aromatic carbocycles. The summed E-state index contributed by atoms with van der Waals surface area (Å²) in [7, 11) is 2.04. The fourth-order valence-electron chi connectivity index (χ4n) is 14.1. The number of nitrogens with zero attached hydrogens (tertiary/aromatic N) is 4. The Balaban J connectivity index is 0.573. The Bertz CT molecular complexity index is 2770. The van der Waals surface area contributed by atoms with Crippen molar-refractivity contribution in [3.8, 4) is 11.5 Å². The molecule has 3 aromatic rings. The highest BCUT2D eigenvalue weighted by Gasteiger charge is 2.72. The van der Waals surface area contributed by atoms with E-state index >= 15 is 0 Å². The predicted molar refractivity (Wildman–Crippen MR) is 315 cm³/mol. The van der Waals surface area contributed by atoms with Crippen LogP contribution in [0.1, 0.15) is 129 Å². The number of hydrogen-bond acceptors (Lipinski definition) is 13. The number of amides is 6. The van der Waals surface area contributed by atoms with Crippen LogP contribution in [-0.4, -0.2) is 177 Å². The summed E-state index contributed by atoms with van der Waals surface area (Å²) in [4.78, 5) is 85.1. The average molecular weight is 1170 g/mol. The normalized spacial score (nSPS) is 23.2. The number of aryl methyl sites for hydroxylation is 1. The van der Waals surface area contributed by atoms with Gasteiger partial charge in [-0.2, -0.15) is 0 Å². The number of hydrogen-bond donors (Lipinski definition) is 6. The van der Waals surface area contributed by atoms with Gasteiger partial charge in [0.2, 0.25) is 35.4 Å². The first-order valence-electron chi connectivity index (χ1n) is 30.4. The summed E-state index contributed by atoms with van der Waals surface area (Å²) in [6.07, 6.45) is 13.5. The molecule has 1 unspecified atom stereocenters. The van der Waals surface area contributed by atoms with Crippen LogP contribution in [-0.2, 0) is 51.7 Å². The van der Waals surface area contributed by atoms with Crippen molar-refractivity contribution in [2.75, 3.05) is 97.3 Å². The molecule has 7 N–H and O–H groups in total. The van der Waals surface area contributed by atoms with Gasteiger partial charge in [-0.25, -0.2) is 0 Å². The van der Waals surface area contributed by atoms with Gasteiger partial charge in [0, 0.05) is 66.5 Å². The van der Waals surface area contributed by atoms with Crippen LogP contribution >= 0.6 is 11.6 Å². The summed E-state index contributed by atoms with van der Waals surface area (Å²) in [5.41, 5.74) is 9.06. The largest absolute Gasteiger partial charge is 0.504 e. The Morgan fingerprint density at radius 3 is 2.08 bits per heavy atom. The van der Waals surface area contributed by atoms with Gasteiger partial charge in [0.05, 0.1) is 17.1 Å². The standard InChI is InChI=1S/C63H87ClN8O11/c1-42-11-17-48(37-49(42)64)72(29-10-28-70-30-20-44(21-31-70)35-43-12-14-45(15-13-43)60(65)78)61(79)46-22-32-71(33-23-46)56(77)41-82-39-54(75)67-27-9-7-5-3-4-6-8-26-66-53(74)38-81-40-55(76)68-50-19-24-63(80)52-36-47-16-18-51(73)58-57(47)62(63,59(50)83-58)25-34-69(52)2/h11-18,37,44,46,50,52,59,73,80H,3-10,19-36,38-41H2,1-2H3,(H2,65,78)(H,66,74)(H,67,75)(H,68,76)/t50-,52?,59-,62-,63+/m0/s1. The zero-order valence-electron chi connectivity index (χ0n) is 48.6. The SMILES string of the molecule is Cc1ccc(N(CCCN2CCC(Cc3ccc(C(N)=O)cc3)CC2)C(=O)C2CCN(C(=O)COCC(=O)NCCCCCCCCCNC(=O)COCC(=O)N[C@H]3CC[C@@]4(O)C5Cc6ccc(O)c7c6[C@@]4(CCN5C)[C@H]3O7)CC2)cc1Cl. The Kier molecular flexibility index (Phi) is 21.1. The number of phenolic OH excluding ortho intramolecular Hbond substituents is 1. The first-order valence-corrected chi connectivity index (χ1v) is 30.8. The highest BCUT2D eigenvalue weighted by atomic mass is 35.5. The summed E-state index contributed by atoms with van der Waals surface area (Å²) < 4.78 is 17.5. The van der Waals surface area contributed by atoms with E-state index < -0.39 is 29.1 Å². The van der Waals surface area contributed by atoms with E-state index in [9.17, 15) is 39.0 Å². The van der Waals surface area contributed by atoms with Crippen LogP contribution in [0.2, 0.25) is 5.02 Å². The highest BCUT2D eigenvalue weighted by molar-refractivity contribution is 6.31. The van der Waals surface area contributed by atoms with Crippen molar-refractivity contribution in [2.24, 2.45) is 17.6 Å². The maximum absolute atomic E-state index is 14.2. The van der Waals surface area contributed by atoms with Crippen LogP contribution < -0.4 is 31.3 Å². The number of aromatic hydroxyl groups is 1. The quantitative estimate of drug-likeness (QED) is 0.0504. The molecule has 20 heteroatoms.